The van der Waals surface area contributed by atoms with Crippen LogP contribution in [0.2, 0.25) is 0 Å². The van der Waals surface area contributed by atoms with Gasteiger partial charge in [0.1, 0.15) is 17.3 Å². The Morgan fingerprint density at radius 2 is 1.94 bits per heavy atom. The van der Waals surface area contributed by atoms with Gasteiger partial charge in [-0.2, -0.15) is 0 Å². The Morgan fingerprint density at radius 1 is 1.33 bits per heavy atom. The smallest absolute Gasteiger partial charge is 0.149 e. The fourth-order valence-corrected chi connectivity index (χ4v) is 2.34. The van der Waals surface area contributed by atoms with Gasteiger partial charge in [0.25, 0.3) is 0 Å². The second kappa shape index (κ2) is 5.41. The predicted octanol–water partition coefficient (Wildman–Crippen LogP) is 3.32. The summed E-state index contributed by atoms with van der Waals surface area (Å²) >= 11 is 5.59. The third-order valence-electron chi connectivity index (χ3n) is 3.13. The van der Waals surface area contributed by atoms with E-state index in [-0.39, 0.29) is 23.7 Å². The van der Waals surface area contributed by atoms with E-state index in [0.717, 1.165) is 0 Å². The average molecular weight is 276 g/mol. The first-order valence-corrected chi connectivity index (χ1v) is 6.48. The van der Waals surface area contributed by atoms with Crippen molar-refractivity contribution in [1.82, 2.24) is 0 Å². The molecule has 1 aliphatic rings. The molecule has 100 valence electrons. The minimum atomic E-state index is -0.563. The van der Waals surface area contributed by atoms with E-state index in [1.165, 1.54) is 12.1 Å². The largest absolute Gasteiger partial charge is 0.375 e. The normalized spacial score (nSPS) is 24.4. The van der Waals surface area contributed by atoms with Gasteiger partial charge in [0.05, 0.1) is 12.7 Å². The van der Waals surface area contributed by atoms with E-state index >= 15 is 0 Å². The van der Waals surface area contributed by atoms with Crippen molar-refractivity contribution < 1.29 is 13.5 Å². The van der Waals surface area contributed by atoms with Crippen LogP contribution in [0.15, 0.2) is 12.1 Å². The summed E-state index contributed by atoms with van der Waals surface area (Å²) in [4.78, 5) is 1.72. The first-order valence-electron chi connectivity index (χ1n) is 5.95. The second-order valence-corrected chi connectivity index (χ2v) is 4.95. The third-order valence-corrected chi connectivity index (χ3v) is 3.43. The number of ether oxygens (including phenoxy) is 1. The van der Waals surface area contributed by atoms with Gasteiger partial charge in [-0.3, -0.25) is 0 Å². The molecule has 0 saturated carbocycles. The molecule has 0 spiro atoms. The third kappa shape index (κ3) is 2.59. The Balaban J connectivity index is 2.37. The molecular weight excluding hydrogens is 260 g/mol. The molecule has 1 saturated heterocycles. The Morgan fingerprint density at radius 3 is 2.50 bits per heavy atom. The number of hydrogen-bond donors (Lipinski definition) is 0. The van der Waals surface area contributed by atoms with Crippen molar-refractivity contribution >= 4 is 17.3 Å². The van der Waals surface area contributed by atoms with E-state index in [4.69, 9.17) is 16.3 Å². The number of rotatable bonds is 2. The van der Waals surface area contributed by atoms with Crippen molar-refractivity contribution in [1.29, 1.82) is 0 Å². The summed E-state index contributed by atoms with van der Waals surface area (Å²) in [6, 6.07) is 2.53. The Labute approximate surface area is 110 Å². The maximum Gasteiger partial charge on any atom is 0.149 e. The van der Waals surface area contributed by atoms with Crippen molar-refractivity contribution in [2.24, 2.45) is 0 Å². The molecule has 5 heteroatoms. The van der Waals surface area contributed by atoms with Crippen molar-refractivity contribution in [3.05, 3.63) is 29.3 Å². The number of anilines is 1. The van der Waals surface area contributed by atoms with Gasteiger partial charge in [0.15, 0.2) is 0 Å². The minimum Gasteiger partial charge on any atom is -0.375 e. The van der Waals surface area contributed by atoms with Gasteiger partial charge in [-0.1, -0.05) is 0 Å². The Hall–Kier alpha value is -0.870. The average Bonchev–Trinajstić information content (AvgIpc) is 2.32. The van der Waals surface area contributed by atoms with Crippen LogP contribution in [0.1, 0.15) is 19.4 Å². The molecule has 0 bridgehead atoms. The molecule has 1 aliphatic heterocycles. The summed E-state index contributed by atoms with van der Waals surface area (Å²) < 4.78 is 33.5. The monoisotopic (exact) mass is 275 g/mol. The van der Waals surface area contributed by atoms with Crippen LogP contribution in [0, 0.1) is 11.6 Å². The van der Waals surface area contributed by atoms with Gasteiger partial charge in [-0.15, -0.1) is 11.6 Å². The van der Waals surface area contributed by atoms with Gasteiger partial charge in [0.2, 0.25) is 0 Å². The molecule has 0 aliphatic carbocycles. The first kappa shape index (κ1) is 13.6. The van der Waals surface area contributed by atoms with Gasteiger partial charge in [0, 0.05) is 18.5 Å². The SMILES string of the molecule is CC1CN(c2c(F)cc(CCl)cc2F)C(C)CO1. The van der Waals surface area contributed by atoms with Crippen molar-refractivity contribution in [3.63, 3.8) is 0 Å². The van der Waals surface area contributed by atoms with Gasteiger partial charge < -0.3 is 9.64 Å². The zero-order valence-electron chi connectivity index (χ0n) is 10.4. The molecule has 0 amide bonds. The Kier molecular flexibility index (Phi) is 4.07. The maximum absolute atomic E-state index is 14.0. The molecule has 18 heavy (non-hydrogen) atoms. The molecule has 2 nitrogen and oxygen atoms in total. The van der Waals surface area contributed by atoms with E-state index < -0.39 is 11.6 Å². The summed E-state index contributed by atoms with van der Waals surface area (Å²) in [6.45, 7) is 4.73. The zero-order valence-corrected chi connectivity index (χ0v) is 11.2. The topological polar surface area (TPSA) is 12.5 Å². The van der Waals surface area contributed by atoms with Crippen LogP contribution in [-0.4, -0.2) is 25.3 Å². The maximum atomic E-state index is 14.0. The number of halogens is 3. The highest BCUT2D eigenvalue weighted by Gasteiger charge is 2.28. The minimum absolute atomic E-state index is 0.0199. The van der Waals surface area contributed by atoms with E-state index in [9.17, 15) is 8.78 Å². The standard InChI is InChI=1S/C13H16ClF2NO/c1-8-7-18-9(2)6-17(8)13-11(15)3-10(5-14)4-12(13)16/h3-4,8-9H,5-7H2,1-2H3. The summed E-state index contributed by atoms with van der Waals surface area (Å²) in [5.41, 5.74) is 0.468. The van der Waals surface area contributed by atoms with Crippen LogP contribution in [0.4, 0.5) is 14.5 Å². The lowest BCUT2D eigenvalue weighted by molar-refractivity contribution is 0.0338. The van der Waals surface area contributed by atoms with Crippen molar-refractivity contribution in [2.45, 2.75) is 31.9 Å². The predicted molar refractivity (Wildman–Crippen MR) is 68.1 cm³/mol. The zero-order chi connectivity index (χ0) is 13.3. The van der Waals surface area contributed by atoms with Crippen LogP contribution < -0.4 is 4.90 Å². The molecule has 0 aromatic heterocycles. The van der Waals surface area contributed by atoms with E-state index in [0.29, 0.717) is 18.7 Å². The molecular formula is C13H16ClF2NO. The molecule has 1 aromatic carbocycles. The molecule has 1 aromatic rings. The van der Waals surface area contributed by atoms with Crippen molar-refractivity contribution in [2.75, 3.05) is 18.1 Å². The quantitative estimate of drug-likeness (QED) is 0.768. The molecule has 2 atom stereocenters. The fourth-order valence-electron chi connectivity index (χ4n) is 2.18. The molecule has 0 radical (unpaired) electrons. The van der Waals surface area contributed by atoms with Crippen LogP contribution in [-0.2, 0) is 10.6 Å². The number of alkyl halides is 1. The van der Waals surface area contributed by atoms with Crippen LogP contribution in [0.25, 0.3) is 0 Å². The fraction of sp³-hybridized carbons (Fsp3) is 0.538. The van der Waals surface area contributed by atoms with Crippen LogP contribution in [0.5, 0.6) is 0 Å². The van der Waals surface area contributed by atoms with E-state index in [1.807, 2.05) is 13.8 Å². The number of nitrogens with zero attached hydrogens (tertiary/aromatic N) is 1. The molecule has 1 heterocycles. The lowest BCUT2D eigenvalue weighted by Gasteiger charge is -2.38. The van der Waals surface area contributed by atoms with Crippen LogP contribution in [0.3, 0.4) is 0 Å². The highest BCUT2D eigenvalue weighted by Crippen LogP contribution is 2.29. The van der Waals surface area contributed by atoms with Gasteiger partial charge in [-0.25, -0.2) is 8.78 Å². The molecule has 2 unspecified atom stereocenters. The highest BCUT2D eigenvalue weighted by atomic mass is 35.5. The summed E-state index contributed by atoms with van der Waals surface area (Å²) in [5, 5.41) is 0. The number of morpholine rings is 1. The first-order chi connectivity index (χ1) is 8.52. The highest BCUT2D eigenvalue weighted by molar-refractivity contribution is 6.17. The lowest BCUT2D eigenvalue weighted by atomic mass is 10.1. The second-order valence-electron chi connectivity index (χ2n) is 4.69. The van der Waals surface area contributed by atoms with E-state index in [1.54, 1.807) is 4.90 Å². The molecule has 2 rings (SSSR count). The number of benzene rings is 1. The van der Waals surface area contributed by atoms with Crippen LogP contribution >= 0.6 is 11.6 Å². The molecule has 1 fully saturated rings. The van der Waals surface area contributed by atoms with Crippen molar-refractivity contribution in [3.8, 4) is 0 Å². The number of hydrogen-bond acceptors (Lipinski definition) is 2. The lowest BCUT2D eigenvalue weighted by Crippen LogP contribution is -2.48. The van der Waals surface area contributed by atoms with E-state index in [2.05, 4.69) is 0 Å². The summed E-state index contributed by atoms with van der Waals surface area (Å²) in [5.74, 6) is -1.03. The summed E-state index contributed by atoms with van der Waals surface area (Å²) in [7, 11) is 0. The van der Waals surface area contributed by atoms with Gasteiger partial charge in [-0.05, 0) is 31.5 Å². The van der Waals surface area contributed by atoms with Gasteiger partial charge >= 0.3 is 0 Å². The molecule has 0 N–H and O–H groups in total. The Bertz CT molecular complexity index is 418. The summed E-state index contributed by atoms with van der Waals surface area (Å²) in [6.07, 6.45) is -0.0345.